The van der Waals surface area contributed by atoms with Crippen molar-refractivity contribution >= 4 is 43.5 Å². The third kappa shape index (κ3) is 6.49. The highest BCUT2D eigenvalue weighted by molar-refractivity contribution is 9.10. The van der Waals surface area contributed by atoms with E-state index in [1.54, 1.807) is 49.4 Å². The molecule has 3 aromatic rings. The molecule has 0 heterocycles. The normalized spacial score (nSPS) is 12.0. The Bertz CT molecular complexity index is 1280. The van der Waals surface area contributed by atoms with Crippen molar-refractivity contribution in [2.75, 3.05) is 17.9 Å². The summed E-state index contributed by atoms with van der Waals surface area (Å²) < 4.78 is 29.1. The van der Waals surface area contributed by atoms with Crippen LogP contribution in [0.2, 0.25) is 0 Å². The van der Waals surface area contributed by atoms with Crippen LogP contribution in [0.5, 0.6) is 0 Å². The lowest BCUT2D eigenvalue weighted by Gasteiger charge is -2.31. The lowest BCUT2D eigenvalue weighted by molar-refractivity contribution is -0.139. The summed E-state index contributed by atoms with van der Waals surface area (Å²) in [5, 5.41) is 2.57. The van der Waals surface area contributed by atoms with Gasteiger partial charge in [0.15, 0.2) is 0 Å². The summed E-state index contributed by atoms with van der Waals surface area (Å²) >= 11 is 3.36. The van der Waals surface area contributed by atoms with E-state index >= 15 is 0 Å². The van der Waals surface area contributed by atoms with Crippen LogP contribution < -0.4 is 9.62 Å². The summed E-state index contributed by atoms with van der Waals surface area (Å²) in [6.07, 6.45) is 0. The predicted molar refractivity (Wildman–Crippen MR) is 140 cm³/mol. The summed E-state index contributed by atoms with van der Waals surface area (Å²) in [6, 6.07) is 21.5. The molecular formula is C26H28BrN3O4S. The van der Waals surface area contributed by atoms with Gasteiger partial charge >= 0.3 is 0 Å². The average molecular weight is 558 g/mol. The molecule has 0 spiro atoms. The minimum Gasteiger partial charge on any atom is -0.357 e. The van der Waals surface area contributed by atoms with Crippen LogP contribution in [0, 0.1) is 6.92 Å². The monoisotopic (exact) mass is 557 g/mol. The van der Waals surface area contributed by atoms with Crippen molar-refractivity contribution in [3.63, 3.8) is 0 Å². The molecule has 0 aliphatic carbocycles. The maximum atomic E-state index is 13.7. The number of nitrogens with one attached hydrogen (secondary N) is 1. The topological polar surface area (TPSA) is 86.8 Å². The minimum absolute atomic E-state index is 0.0697. The molecule has 0 saturated carbocycles. The van der Waals surface area contributed by atoms with E-state index in [4.69, 9.17) is 0 Å². The SMILES string of the molecule is CNC(=O)[C@H](C)N(Cc1cccc(C)c1)C(=O)CN(c1ccc(Br)cc1)S(=O)(=O)c1ccccc1. The number of hydrogen-bond donors (Lipinski definition) is 1. The Labute approximate surface area is 214 Å². The zero-order valence-corrected chi connectivity index (χ0v) is 22.2. The number of amides is 2. The zero-order valence-electron chi connectivity index (χ0n) is 19.8. The van der Waals surface area contributed by atoms with Crippen LogP contribution in [-0.2, 0) is 26.2 Å². The third-order valence-corrected chi connectivity index (χ3v) is 7.89. The van der Waals surface area contributed by atoms with Crippen LogP contribution >= 0.6 is 15.9 Å². The van der Waals surface area contributed by atoms with E-state index < -0.39 is 28.5 Å². The molecule has 0 bridgehead atoms. The van der Waals surface area contributed by atoms with Crippen LogP contribution in [0.1, 0.15) is 18.1 Å². The van der Waals surface area contributed by atoms with Crippen molar-refractivity contribution in [3.05, 3.63) is 94.5 Å². The molecular weight excluding hydrogens is 530 g/mol. The van der Waals surface area contributed by atoms with Gasteiger partial charge in [-0.2, -0.15) is 0 Å². The molecule has 0 fully saturated rings. The Morgan fingerprint density at radius 2 is 1.63 bits per heavy atom. The molecule has 0 aromatic heterocycles. The summed E-state index contributed by atoms with van der Waals surface area (Å²) in [4.78, 5) is 27.6. The number of hydrogen-bond acceptors (Lipinski definition) is 4. The number of sulfonamides is 1. The molecule has 0 saturated heterocycles. The first-order valence-electron chi connectivity index (χ1n) is 11.0. The van der Waals surface area contributed by atoms with Gasteiger partial charge in [0.25, 0.3) is 10.0 Å². The second-order valence-electron chi connectivity index (χ2n) is 8.10. The molecule has 1 atom stereocenters. The van der Waals surface area contributed by atoms with E-state index in [9.17, 15) is 18.0 Å². The zero-order chi connectivity index (χ0) is 25.6. The molecule has 3 aromatic carbocycles. The Morgan fingerprint density at radius 1 is 0.971 bits per heavy atom. The van der Waals surface area contributed by atoms with Gasteiger partial charge in [0.05, 0.1) is 10.6 Å². The fraction of sp³-hybridized carbons (Fsp3) is 0.231. The van der Waals surface area contributed by atoms with E-state index in [1.165, 1.54) is 24.1 Å². The molecule has 1 N–H and O–H groups in total. The number of carbonyl (C=O) groups is 2. The molecule has 9 heteroatoms. The number of benzene rings is 3. The third-order valence-electron chi connectivity index (χ3n) is 5.57. The van der Waals surface area contributed by atoms with Gasteiger partial charge in [0.2, 0.25) is 11.8 Å². The Kier molecular flexibility index (Phi) is 8.69. The van der Waals surface area contributed by atoms with Gasteiger partial charge in [-0.05, 0) is 55.8 Å². The molecule has 35 heavy (non-hydrogen) atoms. The standard InChI is InChI=1S/C26H28BrN3O4S/c1-19-8-7-9-21(16-19)17-29(20(2)26(32)28-3)25(31)18-30(23-14-12-22(27)13-15-23)35(33,34)24-10-5-4-6-11-24/h4-16,20H,17-18H2,1-3H3,(H,28,32)/t20-/m0/s1. The smallest absolute Gasteiger partial charge is 0.264 e. The minimum atomic E-state index is -4.06. The number of rotatable bonds is 9. The largest absolute Gasteiger partial charge is 0.357 e. The maximum Gasteiger partial charge on any atom is 0.264 e. The Morgan fingerprint density at radius 3 is 2.23 bits per heavy atom. The van der Waals surface area contributed by atoms with Crippen LogP contribution in [-0.4, -0.2) is 44.8 Å². The van der Waals surface area contributed by atoms with E-state index in [0.29, 0.717) is 5.69 Å². The summed E-state index contributed by atoms with van der Waals surface area (Å²) in [6.45, 7) is 3.27. The van der Waals surface area contributed by atoms with E-state index in [0.717, 1.165) is 19.9 Å². The number of nitrogens with zero attached hydrogens (tertiary/aromatic N) is 2. The van der Waals surface area contributed by atoms with Crippen LogP contribution in [0.15, 0.2) is 88.2 Å². The lowest BCUT2D eigenvalue weighted by atomic mass is 10.1. The first-order chi connectivity index (χ1) is 16.6. The first kappa shape index (κ1) is 26.4. The number of aryl methyl sites for hydroxylation is 1. The van der Waals surface area contributed by atoms with Crippen molar-refractivity contribution in [1.29, 1.82) is 0 Å². The van der Waals surface area contributed by atoms with Crippen molar-refractivity contribution in [1.82, 2.24) is 10.2 Å². The highest BCUT2D eigenvalue weighted by atomic mass is 79.9. The summed E-state index contributed by atoms with van der Waals surface area (Å²) in [5.41, 5.74) is 2.20. The summed E-state index contributed by atoms with van der Waals surface area (Å²) in [7, 11) is -2.55. The molecule has 0 radical (unpaired) electrons. The second kappa shape index (κ2) is 11.5. The van der Waals surface area contributed by atoms with Gasteiger partial charge in [-0.15, -0.1) is 0 Å². The van der Waals surface area contributed by atoms with Gasteiger partial charge in [0.1, 0.15) is 12.6 Å². The fourth-order valence-corrected chi connectivity index (χ4v) is 5.35. The molecule has 7 nitrogen and oxygen atoms in total. The molecule has 2 amide bonds. The van der Waals surface area contributed by atoms with E-state index in [1.807, 2.05) is 31.2 Å². The molecule has 184 valence electrons. The van der Waals surface area contributed by atoms with Crippen molar-refractivity contribution in [3.8, 4) is 0 Å². The summed E-state index contributed by atoms with van der Waals surface area (Å²) in [5.74, 6) is -0.836. The quantitative estimate of drug-likeness (QED) is 0.428. The van der Waals surface area contributed by atoms with Crippen LogP contribution in [0.4, 0.5) is 5.69 Å². The van der Waals surface area contributed by atoms with Crippen LogP contribution in [0.3, 0.4) is 0 Å². The Balaban J connectivity index is 2.01. The number of halogens is 1. The molecule has 0 unspecified atom stereocenters. The number of carbonyl (C=O) groups excluding carboxylic acids is 2. The highest BCUT2D eigenvalue weighted by Gasteiger charge is 2.32. The average Bonchev–Trinajstić information content (AvgIpc) is 2.86. The predicted octanol–water partition coefficient (Wildman–Crippen LogP) is 4.12. The lowest BCUT2D eigenvalue weighted by Crippen LogP contribution is -2.50. The Hall–Kier alpha value is -3.17. The van der Waals surface area contributed by atoms with Crippen molar-refractivity contribution in [2.24, 2.45) is 0 Å². The van der Waals surface area contributed by atoms with Gasteiger partial charge < -0.3 is 10.2 Å². The van der Waals surface area contributed by atoms with Crippen molar-refractivity contribution < 1.29 is 18.0 Å². The van der Waals surface area contributed by atoms with Crippen LogP contribution in [0.25, 0.3) is 0 Å². The first-order valence-corrected chi connectivity index (χ1v) is 13.3. The molecule has 0 aliphatic rings. The van der Waals surface area contributed by atoms with Gasteiger partial charge in [-0.3, -0.25) is 13.9 Å². The highest BCUT2D eigenvalue weighted by Crippen LogP contribution is 2.26. The van der Waals surface area contributed by atoms with Crippen molar-refractivity contribution in [2.45, 2.75) is 31.3 Å². The number of likely N-dealkylation sites (N-methyl/N-ethyl adjacent to an activating group) is 1. The second-order valence-corrected chi connectivity index (χ2v) is 10.9. The molecule has 0 aliphatic heterocycles. The van der Waals surface area contributed by atoms with E-state index in [-0.39, 0.29) is 17.3 Å². The molecule has 3 rings (SSSR count). The maximum absolute atomic E-state index is 13.7. The van der Waals surface area contributed by atoms with Gasteiger partial charge in [-0.1, -0.05) is 64.0 Å². The fourth-order valence-electron chi connectivity index (χ4n) is 3.65. The van der Waals surface area contributed by atoms with Gasteiger partial charge in [-0.25, -0.2) is 8.42 Å². The van der Waals surface area contributed by atoms with Gasteiger partial charge in [0, 0.05) is 18.1 Å². The number of anilines is 1. The van der Waals surface area contributed by atoms with E-state index in [2.05, 4.69) is 21.2 Å².